The Morgan fingerprint density at radius 2 is 1.20 bits per heavy atom. The van der Waals surface area contributed by atoms with E-state index in [0.29, 0.717) is 51.2 Å². The summed E-state index contributed by atoms with van der Waals surface area (Å²) in [7, 11) is 7.57. The maximum Gasteiger partial charge on any atom is 0.343 e. The molecule has 0 aliphatic heterocycles. The van der Waals surface area contributed by atoms with Crippen molar-refractivity contribution in [1.82, 2.24) is 0 Å². The third kappa shape index (κ3) is 5.92. The summed E-state index contributed by atoms with van der Waals surface area (Å²) in [6.45, 7) is 0. The molecule has 0 saturated heterocycles. The van der Waals surface area contributed by atoms with Crippen molar-refractivity contribution in [2.75, 3.05) is 35.5 Å². The number of ether oxygens (including phenoxy) is 6. The number of methoxy groups -OCH3 is 5. The number of carbonyl (C=O) groups is 2. The highest BCUT2D eigenvalue weighted by atomic mass is 16.5. The van der Waals surface area contributed by atoms with Crippen LogP contribution in [0.3, 0.4) is 0 Å². The monoisotopic (exact) mass is 478 g/mol. The number of ketones is 1. The maximum atomic E-state index is 12.6. The molecule has 0 aliphatic rings. The fourth-order valence-corrected chi connectivity index (χ4v) is 3.28. The Morgan fingerprint density at radius 3 is 1.74 bits per heavy atom. The van der Waals surface area contributed by atoms with E-state index in [9.17, 15) is 9.59 Å². The van der Waals surface area contributed by atoms with Gasteiger partial charge in [-0.2, -0.15) is 0 Å². The minimum absolute atomic E-state index is 0.225. The van der Waals surface area contributed by atoms with Gasteiger partial charge < -0.3 is 28.4 Å². The first kappa shape index (κ1) is 25.2. The fourth-order valence-electron chi connectivity index (χ4n) is 3.28. The standard InChI is InChI=1S/C27H26O8/c1-30-22-13-9-19(16-23(22)31-2)27(29)35-20-10-7-18(8-11-20)21(28)12-6-17-14-24(32-3)26(34-5)25(15-17)33-4/h6-16H,1-5H3. The summed E-state index contributed by atoms with van der Waals surface area (Å²) < 4.78 is 31.8. The van der Waals surface area contributed by atoms with Crippen molar-refractivity contribution < 1.29 is 38.0 Å². The van der Waals surface area contributed by atoms with Crippen LogP contribution in [0, 0.1) is 0 Å². The Kier molecular flexibility index (Phi) is 8.34. The van der Waals surface area contributed by atoms with E-state index in [0.717, 1.165) is 0 Å². The quantitative estimate of drug-likeness (QED) is 0.177. The van der Waals surface area contributed by atoms with Gasteiger partial charge in [0.1, 0.15) is 5.75 Å². The Balaban J connectivity index is 1.70. The molecule has 0 saturated carbocycles. The molecule has 0 atom stereocenters. The molecule has 0 fully saturated rings. The lowest BCUT2D eigenvalue weighted by Gasteiger charge is -2.12. The first-order valence-electron chi connectivity index (χ1n) is 10.5. The number of hydrogen-bond acceptors (Lipinski definition) is 8. The van der Waals surface area contributed by atoms with Crippen molar-refractivity contribution in [2.24, 2.45) is 0 Å². The van der Waals surface area contributed by atoms with E-state index in [1.54, 1.807) is 54.6 Å². The molecule has 0 amide bonds. The zero-order chi connectivity index (χ0) is 25.4. The molecular weight excluding hydrogens is 452 g/mol. The molecule has 3 rings (SSSR count). The minimum atomic E-state index is -0.563. The average molecular weight is 478 g/mol. The lowest BCUT2D eigenvalue weighted by atomic mass is 10.1. The molecule has 0 radical (unpaired) electrons. The van der Waals surface area contributed by atoms with E-state index in [-0.39, 0.29) is 5.78 Å². The highest BCUT2D eigenvalue weighted by Gasteiger charge is 2.14. The summed E-state index contributed by atoms with van der Waals surface area (Å²) in [5.74, 6) is 1.88. The molecule has 0 aliphatic carbocycles. The predicted molar refractivity (Wildman–Crippen MR) is 130 cm³/mol. The van der Waals surface area contributed by atoms with Crippen LogP contribution in [0.25, 0.3) is 6.08 Å². The summed E-state index contributed by atoms with van der Waals surface area (Å²) >= 11 is 0. The summed E-state index contributed by atoms with van der Waals surface area (Å²) in [4.78, 5) is 25.1. The molecule has 3 aromatic rings. The van der Waals surface area contributed by atoms with Gasteiger partial charge in [0.05, 0.1) is 41.1 Å². The Hall–Kier alpha value is -4.46. The van der Waals surface area contributed by atoms with Gasteiger partial charge >= 0.3 is 5.97 Å². The van der Waals surface area contributed by atoms with Crippen LogP contribution in [-0.4, -0.2) is 47.3 Å². The van der Waals surface area contributed by atoms with Crippen LogP contribution >= 0.6 is 0 Å². The summed E-state index contributed by atoms with van der Waals surface area (Å²) in [6, 6.07) is 14.5. The van der Waals surface area contributed by atoms with E-state index < -0.39 is 5.97 Å². The molecule has 8 nitrogen and oxygen atoms in total. The molecule has 0 heterocycles. The fraction of sp³-hybridized carbons (Fsp3) is 0.185. The topological polar surface area (TPSA) is 89.5 Å². The first-order chi connectivity index (χ1) is 16.9. The number of esters is 1. The molecule has 35 heavy (non-hydrogen) atoms. The highest BCUT2D eigenvalue weighted by Crippen LogP contribution is 2.38. The smallest absolute Gasteiger partial charge is 0.343 e. The second kappa shape index (κ2) is 11.6. The third-order valence-corrected chi connectivity index (χ3v) is 5.08. The van der Waals surface area contributed by atoms with Gasteiger partial charge in [0, 0.05) is 5.56 Å². The van der Waals surface area contributed by atoms with Gasteiger partial charge in [-0.3, -0.25) is 4.79 Å². The maximum absolute atomic E-state index is 12.6. The van der Waals surface area contributed by atoms with Crippen LogP contribution in [0.2, 0.25) is 0 Å². The largest absolute Gasteiger partial charge is 0.493 e. The van der Waals surface area contributed by atoms with Gasteiger partial charge in [0.25, 0.3) is 0 Å². The van der Waals surface area contributed by atoms with Crippen molar-refractivity contribution >= 4 is 17.8 Å². The number of rotatable bonds is 10. The molecule has 0 spiro atoms. The normalized spacial score (nSPS) is 10.5. The Bertz CT molecular complexity index is 1200. The molecular formula is C27H26O8. The minimum Gasteiger partial charge on any atom is -0.493 e. The molecule has 8 heteroatoms. The van der Waals surface area contributed by atoms with Crippen molar-refractivity contribution in [3.63, 3.8) is 0 Å². The second-order valence-electron chi connectivity index (χ2n) is 7.14. The van der Waals surface area contributed by atoms with Crippen LogP contribution in [0.15, 0.2) is 60.7 Å². The van der Waals surface area contributed by atoms with Crippen LogP contribution in [0.1, 0.15) is 26.3 Å². The van der Waals surface area contributed by atoms with Crippen LogP contribution < -0.4 is 28.4 Å². The summed E-state index contributed by atoms with van der Waals surface area (Å²) in [5.41, 5.74) is 1.43. The van der Waals surface area contributed by atoms with Gasteiger partial charge in [-0.1, -0.05) is 6.08 Å². The Labute approximate surface area is 203 Å². The van der Waals surface area contributed by atoms with Crippen LogP contribution in [0.4, 0.5) is 0 Å². The molecule has 0 N–H and O–H groups in total. The molecule has 3 aromatic carbocycles. The van der Waals surface area contributed by atoms with Gasteiger partial charge in [-0.15, -0.1) is 0 Å². The molecule has 0 unspecified atom stereocenters. The molecule has 0 aromatic heterocycles. The van der Waals surface area contributed by atoms with Crippen molar-refractivity contribution in [1.29, 1.82) is 0 Å². The molecule has 182 valence electrons. The van der Waals surface area contributed by atoms with E-state index >= 15 is 0 Å². The van der Waals surface area contributed by atoms with E-state index in [1.807, 2.05) is 0 Å². The van der Waals surface area contributed by atoms with E-state index in [4.69, 9.17) is 28.4 Å². The zero-order valence-electron chi connectivity index (χ0n) is 20.1. The SMILES string of the molecule is COc1ccc(C(=O)Oc2ccc(C(=O)C=Cc3cc(OC)c(OC)c(OC)c3)cc2)cc1OC. The molecule has 0 bridgehead atoms. The highest BCUT2D eigenvalue weighted by molar-refractivity contribution is 6.07. The van der Waals surface area contributed by atoms with Crippen molar-refractivity contribution in [2.45, 2.75) is 0 Å². The lowest BCUT2D eigenvalue weighted by Crippen LogP contribution is -2.09. The number of carbonyl (C=O) groups excluding carboxylic acids is 2. The number of allylic oxidation sites excluding steroid dienone is 1. The van der Waals surface area contributed by atoms with Crippen molar-refractivity contribution in [3.05, 3.63) is 77.4 Å². The average Bonchev–Trinajstić information content (AvgIpc) is 2.90. The Morgan fingerprint density at radius 1 is 0.629 bits per heavy atom. The second-order valence-corrected chi connectivity index (χ2v) is 7.14. The lowest BCUT2D eigenvalue weighted by molar-refractivity contribution is 0.0734. The predicted octanol–water partition coefficient (Wildman–Crippen LogP) is 4.84. The third-order valence-electron chi connectivity index (χ3n) is 5.08. The van der Waals surface area contributed by atoms with E-state index in [2.05, 4.69) is 0 Å². The zero-order valence-corrected chi connectivity index (χ0v) is 20.1. The number of benzene rings is 3. The van der Waals surface area contributed by atoms with Gasteiger partial charge in [0.2, 0.25) is 5.75 Å². The van der Waals surface area contributed by atoms with Crippen LogP contribution in [-0.2, 0) is 0 Å². The van der Waals surface area contributed by atoms with E-state index in [1.165, 1.54) is 47.7 Å². The first-order valence-corrected chi connectivity index (χ1v) is 10.5. The van der Waals surface area contributed by atoms with Gasteiger partial charge in [0.15, 0.2) is 28.8 Å². The van der Waals surface area contributed by atoms with Crippen molar-refractivity contribution in [3.8, 4) is 34.5 Å². The van der Waals surface area contributed by atoms with Crippen LogP contribution in [0.5, 0.6) is 34.5 Å². The van der Waals surface area contributed by atoms with Gasteiger partial charge in [-0.25, -0.2) is 4.79 Å². The summed E-state index contributed by atoms with van der Waals surface area (Å²) in [5, 5.41) is 0. The number of hydrogen-bond donors (Lipinski definition) is 0. The van der Waals surface area contributed by atoms with Gasteiger partial charge in [-0.05, 0) is 66.2 Å². The summed E-state index contributed by atoms with van der Waals surface area (Å²) in [6.07, 6.45) is 3.09.